The van der Waals surface area contributed by atoms with Crippen LogP contribution in [0.4, 0.5) is 4.39 Å². The molecule has 0 aliphatic rings. The molecular formula is C11H12FNO. The number of hydrogen-bond acceptors (Lipinski definition) is 2. The fourth-order valence-electron chi connectivity index (χ4n) is 1.47. The van der Waals surface area contributed by atoms with Gasteiger partial charge < -0.3 is 9.32 Å². The van der Waals surface area contributed by atoms with Crippen molar-refractivity contribution in [1.82, 2.24) is 4.90 Å². The summed E-state index contributed by atoms with van der Waals surface area (Å²) >= 11 is 0. The van der Waals surface area contributed by atoms with Crippen LogP contribution < -0.4 is 0 Å². The Labute approximate surface area is 81.9 Å². The Morgan fingerprint density at radius 3 is 2.79 bits per heavy atom. The summed E-state index contributed by atoms with van der Waals surface area (Å²) in [4.78, 5) is 1.98. The van der Waals surface area contributed by atoms with Crippen molar-refractivity contribution in [1.29, 1.82) is 0 Å². The molecule has 0 fully saturated rings. The summed E-state index contributed by atoms with van der Waals surface area (Å²) in [6.07, 6.45) is 0. The largest absolute Gasteiger partial charge is 0.460 e. The molecule has 0 aliphatic carbocycles. The third kappa shape index (κ3) is 1.63. The monoisotopic (exact) mass is 193 g/mol. The first kappa shape index (κ1) is 9.21. The lowest BCUT2D eigenvalue weighted by Crippen LogP contribution is -2.09. The van der Waals surface area contributed by atoms with E-state index in [1.165, 1.54) is 6.07 Å². The second-order valence-electron chi connectivity index (χ2n) is 3.60. The molecular weight excluding hydrogens is 181 g/mol. The Balaban J connectivity index is 2.46. The summed E-state index contributed by atoms with van der Waals surface area (Å²) in [5, 5.41) is 0.560. The van der Waals surface area contributed by atoms with Crippen LogP contribution in [0.15, 0.2) is 28.7 Å². The Kier molecular flexibility index (Phi) is 2.25. The summed E-state index contributed by atoms with van der Waals surface area (Å²) < 4.78 is 18.7. The van der Waals surface area contributed by atoms with Crippen LogP contribution in [0.5, 0.6) is 0 Å². The average molecular weight is 193 g/mol. The van der Waals surface area contributed by atoms with Crippen molar-refractivity contribution in [2.75, 3.05) is 14.1 Å². The van der Waals surface area contributed by atoms with E-state index in [2.05, 4.69) is 0 Å². The van der Waals surface area contributed by atoms with E-state index in [-0.39, 0.29) is 5.82 Å². The Morgan fingerprint density at radius 1 is 1.36 bits per heavy atom. The normalized spacial score (nSPS) is 11.4. The zero-order chi connectivity index (χ0) is 10.1. The second kappa shape index (κ2) is 3.42. The number of rotatable bonds is 2. The molecule has 1 heterocycles. The van der Waals surface area contributed by atoms with Gasteiger partial charge in [0.05, 0.1) is 11.9 Å². The van der Waals surface area contributed by atoms with Crippen LogP contribution in [0.2, 0.25) is 0 Å². The molecule has 2 rings (SSSR count). The summed E-state index contributed by atoms with van der Waals surface area (Å²) in [7, 11) is 3.90. The molecule has 3 heteroatoms. The van der Waals surface area contributed by atoms with E-state index >= 15 is 0 Å². The number of hydrogen-bond donors (Lipinski definition) is 0. The van der Waals surface area contributed by atoms with Crippen molar-refractivity contribution < 1.29 is 8.81 Å². The van der Waals surface area contributed by atoms with Crippen molar-refractivity contribution >= 4 is 11.0 Å². The van der Waals surface area contributed by atoms with Crippen LogP contribution in [-0.4, -0.2) is 19.0 Å². The maximum absolute atomic E-state index is 13.3. The summed E-state index contributed by atoms with van der Waals surface area (Å²) in [6.45, 7) is 0.689. The summed E-state index contributed by atoms with van der Waals surface area (Å²) in [5.74, 6) is 0.561. The van der Waals surface area contributed by atoms with E-state index in [1.54, 1.807) is 18.2 Å². The number of nitrogens with zero attached hydrogens (tertiary/aromatic N) is 1. The predicted molar refractivity (Wildman–Crippen MR) is 53.6 cm³/mol. The van der Waals surface area contributed by atoms with Crippen LogP contribution in [-0.2, 0) is 6.54 Å². The smallest absolute Gasteiger partial charge is 0.137 e. The van der Waals surface area contributed by atoms with Crippen molar-refractivity contribution in [3.63, 3.8) is 0 Å². The SMILES string of the molecule is CN(C)Cc1cc2c(F)cccc2o1. The van der Waals surface area contributed by atoms with Gasteiger partial charge in [0.25, 0.3) is 0 Å². The molecule has 0 radical (unpaired) electrons. The lowest BCUT2D eigenvalue weighted by Gasteiger charge is -2.04. The first-order valence-corrected chi connectivity index (χ1v) is 4.48. The highest BCUT2D eigenvalue weighted by atomic mass is 19.1. The van der Waals surface area contributed by atoms with Gasteiger partial charge in [-0.2, -0.15) is 0 Å². The Hall–Kier alpha value is -1.35. The van der Waals surface area contributed by atoms with E-state index in [1.807, 2.05) is 19.0 Å². The Morgan fingerprint density at radius 2 is 2.14 bits per heavy atom. The molecule has 1 aromatic carbocycles. The van der Waals surface area contributed by atoms with E-state index in [9.17, 15) is 4.39 Å². The van der Waals surface area contributed by atoms with Gasteiger partial charge in [0.1, 0.15) is 17.2 Å². The molecule has 0 unspecified atom stereocenters. The molecule has 0 bridgehead atoms. The number of benzene rings is 1. The van der Waals surface area contributed by atoms with Crippen molar-refractivity contribution in [2.24, 2.45) is 0 Å². The molecule has 0 spiro atoms. The molecule has 0 atom stereocenters. The van der Waals surface area contributed by atoms with Crippen LogP contribution in [0, 0.1) is 5.82 Å². The van der Waals surface area contributed by atoms with Crippen molar-refractivity contribution in [2.45, 2.75) is 6.54 Å². The average Bonchev–Trinajstić information content (AvgIpc) is 2.47. The second-order valence-corrected chi connectivity index (χ2v) is 3.60. The molecule has 74 valence electrons. The molecule has 0 N–H and O–H groups in total. The van der Waals surface area contributed by atoms with Crippen molar-refractivity contribution in [3.8, 4) is 0 Å². The van der Waals surface area contributed by atoms with E-state index in [4.69, 9.17) is 4.42 Å². The molecule has 2 aromatic rings. The molecule has 0 amide bonds. The topological polar surface area (TPSA) is 16.4 Å². The number of furan rings is 1. The molecule has 0 saturated heterocycles. The zero-order valence-corrected chi connectivity index (χ0v) is 8.25. The third-order valence-electron chi connectivity index (χ3n) is 2.03. The van der Waals surface area contributed by atoms with E-state index in [0.29, 0.717) is 17.5 Å². The fraction of sp³-hybridized carbons (Fsp3) is 0.273. The van der Waals surface area contributed by atoms with Crippen molar-refractivity contribution in [3.05, 3.63) is 35.8 Å². The lowest BCUT2D eigenvalue weighted by atomic mass is 10.2. The van der Waals surface area contributed by atoms with Gasteiger partial charge in [0, 0.05) is 0 Å². The van der Waals surface area contributed by atoms with E-state index < -0.39 is 0 Å². The van der Waals surface area contributed by atoms with Crippen LogP contribution in [0.3, 0.4) is 0 Å². The number of fused-ring (bicyclic) bond motifs is 1. The molecule has 0 saturated carbocycles. The summed E-state index contributed by atoms with van der Waals surface area (Å²) in [5.41, 5.74) is 0.613. The third-order valence-corrected chi connectivity index (χ3v) is 2.03. The standard InChI is InChI=1S/C11H12FNO/c1-13(2)7-8-6-9-10(12)4-3-5-11(9)14-8/h3-6H,7H2,1-2H3. The highest BCUT2D eigenvalue weighted by molar-refractivity contribution is 5.78. The first-order valence-electron chi connectivity index (χ1n) is 4.48. The first-order chi connectivity index (χ1) is 6.66. The molecule has 14 heavy (non-hydrogen) atoms. The number of halogens is 1. The Bertz CT molecular complexity index is 447. The van der Waals surface area contributed by atoms with Gasteiger partial charge in [-0.3, -0.25) is 0 Å². The zero-order valence-electron chi connectivity index (χ0n) is 8.25. The molecule has 1 aromatic heterocycles. The molecule has 2 nitrogen and oxygen atoms in total. The van der Waals surface area contributed by atoms with Gasteiger partial charge in [0.2, 0.25) is 0 Å². The van der Waals surface area contributed by atoms with Crippen LogP contribution in [0.25, 0.3) is 11.0 Å². The van der Waals surface area contributed by atoms with Gasteiger partial charge in [-0.05, 0) is 32.3 Å². The highest BCUT2D eigenvalue weighted by Gasteiger charge is 2.07. The van der Waals surface area contributed by atoms with Gasteiger partial charge in [0.15, 0.2) is 0 Å². The fourth-order valence-corrected chi connectivity index (χ4v) is 1.47. The minimum absolute atomic E-state index is 0.226. The minimum Gasteiger partial charge on any atom is -0.460 e. The molecule has 0 aliphatic heterocycles. The van der Waals surface area contributed by atoms with E-state index in [0.717, 1.165) is 5.76 Å². The highest BCUT2D eigenvalue weighted by Crippen LogP contribution is 2.22. The minimum atomic E-state index is -0.226. The quantitative estimate of drug-likeness (QED) is 0.729. The predicted octanol–water partition coefficient (Wildman–Crippen LogP) is 2.63. The van der Waals surface area contributed by atoms with Gasteiger partial charge >= 0.3 is 0 Å². The maximum Gasteiger partial charge on any atom is 0.137 e. The lowest BCUT2D eigenvalue weighted by molar-refractivity contribution is 0.358. The van der Waals surface area contributed by atoms with Gasteiger partial charge in [-0.15, -0.1) is 0 Å². The summed E-state index contributed by atoms with van der Waals surface area (Å²) in [6, 6.07) is 6.63. The maximum atomic E-state index is 13.3. The van der Waals surface area contributed by atoms with Crippen LogP contribution >= 0.6 is 0 Å². The van der Waals surface area contributed by atoms with Gasteiger partial charge in [-0.1, -0.05) is 6.07 Å². The van der Waals surface area contributed by atoms with Crippen LogP contribution in [0.1, 0.15) is 5.76 Å². The van der Waals surface area contributed by atoms with Gasteiger partial charge in [-0.25, -0.2) is 4.39 Å².